The van der Waals surface area contributed by atoms with Crippen LogP contribution in [0.4, 0.5) is 5.69 Å². The Bertz CT molecular complexity index is 312. The Morgan fingerprint density at radius 1 is 1.50 bits per heavy atom. The van der Waals surface area contributed by atoms with E-state index in [0.29, 0.717) is 5.56 Å². The maximum Gasteiger partial charge on any atom is 0.103 e. The van der Waals surface area contributed by atoms with Crippen LogP contribution in [0.2, 0.25) is 0 Å². The number of anilines is 1. The lowest BCUT2D eigenvalue weighted by Gasteiger charge is -2.14. The molecule has 64 valence electrons. The molecule has 2 heterocycles. The molecule has 1 aliphatic rings. The van der Waals surface area contributed by atoms with E-state index >= 15 is 0 Å². The van der Waals surface area contributed by atoms with E-state index in [-0.39, 0.29) is 12.4 Å². The van der Waals surface area contributed by atoms with Gasteiger partial charge in [-0.15, -0.1) is 12.4 Å². The highest BCUT2D eigenvalue weighted by Crippen LogP contribution is 2.21. The summed E-state index contributed by atoms with van der Waals surface area (Å²) < 4.78 is 0. The lowest BCUT2D eigenvalue weighted by Crippen LogP contribution is -2.27. The molecule has 1 aliphatic heterocycles. The zero-order chi connectivity index (χ0) is 7.68. The highest BCUT2D eigenvalue weighted by atomic mass is 35.5. The molecule has 0 spiro atoms. The van der Waals surface area contributed by atoms with Crippen molar-refractivity contribution >= 4 is 18.1 Å². The minimum Gasteiger partial charge on any atom is -0.370 e. The van der Waals surface area contributed by atoms with E-state index in [0.717, 1.165) is 24.6 Å². The predicted octanol–water partition coefficient (Wildman–Crippen LogP) is 0.781. The van der Waals surface area contributed by atoms with E-state index in [4.69, 9.17) is 5.26 Å². The van der Waals surface area contributed by atoms with Crippen LogP contribution in [-0.4, -0.2) is 11.7 Å². The summed E-state index contributed by atoms with van der Waals surface area (Å²) in [7, 11) is 0. The molecule has 0 amide bonds. The van der Waals surface area contributed by atoms with Crippen LogP contribution in [-0.2, 0) is 6.54 Å². The molecule has 0 bridgehead atoms. The number of fused-ring (bicyclic) bond motifs is 1. The standard InChI is InChI=1S/C7H8N4.ClH/c8-1-5-2-10-6-3-9-4-11-7(5)6;/h2,9-11H,3-4H2;1H. The average Bonchev–Trinajstić information content (AvgIpc) is 2.47. The second-order valence-electron chi connectivity index (χ2n) is 2.45. The van der Waals surface area contributed by atoms with Gasteiger partial charge in [-0.3, -0.25) is 5.32 Å². The normalized spacial score (nSPS) is 13.6. The summed E-state index contributed by atoms with van der Waals surface area (Å²) in [5.41, 5.74) is 2.71. The van der Waals surface area contributed by atoms with Gasteiger partial charge in [-0.2, -0.15) is 5.26 Å². The Balaban J connectivity index is 0.000000720. The summed E-state index contributed by atoms with van der Waals surface area (Å²) in [5, 5.41) is 14.9. The van der Waals surface area contributed by atoms with Gasteiger partial charge in [-0.25, -0.2) is 0 Å². The summed E-state index contributed by atoms with van der Waals surface area (Å²) in [6, 6.07) is 2.11. The van der Waals surface area contributed by atoms with E-state index < -0.39 is 0 Å². The first-order chi connectivity index (χ1) is 5.42. The van der Waals surface area contributed by atoms with Crippen LogP contribution in [0, 0.1) is 11.3 Å². The number of nitrogens with zero attached hydrogens (tertiary/aromatic N) is 1. The summed E-state index contributed by atoms with van der Waals surface area (Å²) in [6.07, 6.45) is 1.73. The third-order valence-electron chi connectivity index (χ3n) is 1.77. The van der Waals surface area contributed by atoms with Crippen molar-refractivity contribution in [2.45, 2.75) is 6.54 Å². The molecule has 0 saturated heterocycles. The van der Waals surface area contributed by atoms with Crippen molar-refractivity contribution in [3.05, 3.63) is 17.5 Å². The smallest absolute Gasteiger partial charge is 0.103 e. The van der Waals surface area contributed by atoms with Gasteiger partial charge >= 0.3 is 0 Å². The van der Waals surface area contributed by atoms with Crippen molar-refractivity contribution in [2.24, 2.45) is 0 Å². The average molecular weight is 185 g/mol. The van der Waals surface area contributed by atoms with Crippen LogP contribution in [0.15, 0.2) is 6.20 Å². The first kappa shape index (κ1) is 8.91. The molecule has 4 nitrogen and oxygen atoms in total. The number of aromatic nitrogens is 1. The van der Waals surface area contributed by atoms with Gasteiger partial charge in [-0.05, 0) is 0 Å². The molecular formula is C7H9ClN4. The molecule has 0 aliphatic carbocycles. The molecule has 5 heteroatoms. The first-order valence-corrected chi connectivity index (χ1v) is 3.47. The van der Waals surface area contributed by atoms with Gasteiger partial charge in [0.05, 0.1) is 23.6 Å². The molecule has 0 unspecified atom stereocenters. The Kier molecular flexibility index (Phi) is 2.58. The molecule has 12 heavy (non-hydrogen) atoms. The first-order valence-electron chi connectivity index (χ1n) is 3.47. The third kappa shape index (κ3) is 1.24. The zero-order valence-electron chi connectivity index (χ0n) is 6.35. The maximum atomic E-state index is 8.65. The Morgan fingerprint density at radius 3 is 3.08 bits per heavy atom. The largest absolute Gasteiger partial charge is 0.370 e. The number of hydrogen-bond donors (Lipinski definition) is 3. The van der Waals surface area contributed by atoms with Gasteiger partial charge in [0.1, 0.15) is 6.07 Å². The number of hydrogen-bond acceptors (Lipinski definition) is 3. The van der Waals surface area contributed by atoms with Crippen LogP contribution in [0.1, 0.15) is 11.3 Å². The van der Waals surface area contributed by atoms with Crippen LogP contribution >= 0.6 is 12.4 Å². The van der Waals surface area contributed by atoms with Crippen molar-refractivity contribution in [1.82, 2.24) is 10.3 Å². The van der Waals surface area contributed by atoms with Gasteiger partial charge in [0.25, 0.3) is 0 Å². The quantitative estimate of drug-likeness (QED) is 0.559. The van der Waals surface area contributed by atoms with Crippen molar-refractivity contribution in [1.29, 1.82) is 5.26 Å². The highest BCUT2D eigenvalue weighted by molar-refractivity contribution is 5.85. The minimum atomic E-state index is 0. The fourth-order valence-corrected chi connectivity index (χ4v) is 1.23. The summed E-state index contributed by atoms with van der Waals surface area (Å²) in [5.74, 6) is 0. The molecule has 1 aromatic rings. The molecule has 0 atom stereocenters. The Morgan fingerprint density at radius 2 is 2.33 bits per heavy atom. The summed E-state index contributed by atoms with van der Waals surface area (Å²) in [6.45, 7) is 1.55. The van der Waals surface area contributed by atoms with Gasteiger partial charge in [0.15, 0.2) is 0 Å². The maximum absolute atomic E-state index is 8.65. The van der Waals surface area contributed by atoms with Crippen molar-refractivity contribution in [2.75, 3.05) is 12.0 Å². The number of nitrogens with one attached hydrogen (secondary N) is 3. The predicted molar refractivity (Wildman–Crippen MR) is 48.1 cm³/mol. The van der Waals surface area contributed by atoms with Gasteiger partial charge in [0.2, 0.25) is 0 Å². The molecule has 0 aromatic carbocycles. The van der Waals surface area contributed by atoms with E-state index in [1.807, 2.05) is 0 Å². The minimum absolute atomic E-state index is 0. The Hall–Kier alpha value is -1.18. The highest BCUT2D eigenvalue weighted by Gasteiger charge is 2.12. The van der Waals surface area contributed by atoms with Crippen LogP contribution in [0.5, 0.6) is 0 Å². The Labute approximate surface area is 76.4 Å². The lowest BCUT2D eigenvalue weighted by molar-refractivity contribution is 0.697. The number of H-pyrrole nitrogens is 1. The van der Waals surface area contributed by atoms with Crippen LogP contribution < -0.4 is 10.6 Å². The number of nitriles is 1. The summed E-state index contributed by atoms with van der Waals surface area (Å²) in [4.78, 5) is 3.03. The topological polar surface area (TPSA) is 63.6 Å². The van der Waals surface area contributed by atoms with Crippen LogP contribution in [0.3, 0.4) is 0 Å². The molecule has 1 aromatic heterocycles. The monoisotopic (exact) mass is 184 g/mol. The SMILES string of the molecule is Cl.N#Cc1c[nH]c2c1NCNC2. The zero-order valence-corrected chi connectivity index (χ0v) is 7.16. The van der Waals surface area contributed by atoms with Gasteiger partial charge < -0.3 is 10.3 Å². The van der Waals surface area contributed by atoms with Crippen molar-refractivity contribution < 1.29 is 0 Å². The van der Waals surface area contributed by atoms with E-state index in [9.17, 15) is 0 Å². The fourth-order valence-electron chi connectivity index (χ4n) is 1.23. The van der Waals surface area contributed by atoms with Crippen molar-refractivity contribution in [3.63, 3.8) is 0 Å². The molecule has 0 radical (unpaired) electrons. The van der Waals surface area contributed by atoms with E-state index in [1.54, 1.807) is 6.20 Å². The van der Waals surface area contributed by atoms with Crippen molar-refractivity contribution in [3.8, 4) is 6.07 Å². The second-order valence-corrected chi connectivity index (χ2v) is 2.45. The number of rotatable bonds is 0. The second kappa shape index (κ2) is 3.48. The van der Waals surface area contributed by atoms with E-state index in [2.05, 4.69) is 21.7 Å². The fraction of sp³-hybridized carbons (Fsp3) is 0.286. The molecule has 0 saturated carbocycles. The van der Waals surface area contributed by atoms with Gasteiger partial charge in [-0.1, -0.05) is 0 Å². The van der Waals surface area contributed by atoms with Gasteiger partial charge in [0, 0.05) is 12.7 Å². The van der Waals surface area contributed by atoms with E-state index in [1.165, 1.54) is 0 Å². The lowest BCUT2D eigenvalue weighted by atomic mass is 10.2. The molecule has 2 rings (SSSR count). The summed E-state index contributed by atoms with van der Waals surface area (Å²) >= 11 is 0. The number of aromatic amines is 1. The molecule has 0 fully saturated rings. The molecule has 3 N–H and O–H groups in total. The third-order valence-corrected chi connectivity index (χ3v) is 1.77. The number of halogens is 1. The van der Waals surface area contributed by atoms with Crippen LogP contribution in [0.25, 0.3) is 0 Å². The molecular weight excluding hydrogens is 176 g/mol.